The van der Waals surface area contributed by atoms with Crippen molar-refractivity contribution in [3.05, 3.63) is 29.8 Å². The SMILES string of the molecule is O=C(CCc1ccc(S(=O)(=O)N2CCCC2)cc1)NCCCN1CCCCCC1. The lowest BCUT2D eigenvalue weighted by molar-refractivity contribution is -0.121. The van der Waals surface area contributed by atoms with Crippen LogP contribution in [0.15, 0.2) is 29.2 Å². The summed E-state index contributed by atoms with van der Waals surface area (Å²) in [5.41, 5.74) is 0.991. The summed E-state index contributed by atoms with van der Waals surface area (Å²) < 4.78 is 26.7. The molecule has 1 aromatic rings. The summed E-state index contributed by atoms with van der Waals surface area (Å²) in [4.78, 5) is 15.0. The number of aryl methyl sites for hydroxylation is 1. The predicted octanol–water partition coefficient (Wildman–Crippen LogP) is 2.79. The molecule has 0 aliphatic carbocycles. The molecule has 2 heterocycles. The normalized spacial score (nSPS) is 19.2. The lowest BCUT2D eigenvalue weighted by Crippen LogP contribution is -2.30. The van der Waals surface area contributed by atoms with E-state index in [1.165, 1.54) is 38.8 Å². The number of nitrogens with one attached hydrogen (secondary N) is 1. The van der Waals surface area contributed by atoms with Gasteiger partial charge in [0.1, 0.15) is 0 Å². The van der Waals surface area contributed by atoms with Gasteiger partial charge in [0.15, 0.2) is 0 Å². The van der Waals surface area contributed by atoms with Gasteiger partial charge in [0.25, 0.3) is 0 Å². The third-order valence-corrected chi connectivity index (χ3v) is 7.85. The molecule has 1 amide bonds. The number of hydrogen-bond acceptors (Lipinski definition) is 4. The highest BCUT2D eigenvalue weighted by Crippen LogP contribution is 2.21. The summed E-state index contributed by atoms with van der Waals surface area (Å²) in [5, 5.41) is 3.01. The number of sulfonamides is 1. The Morgan fingerprint density at radius 2 is 1.52 bits per heavy atom. The molecule has 0 saturated carbocycles. The van der Waals surface area contributed by atoms with Gasteiger partial charge in [-0.15, -0.1) is 0 Å². The number of likely N-dealkylation sites (tertiary alicyclic amines) is 1. The van der Waals surface area contributed by atoms with E-state index in [0.717, 1.165) is 37.9 Å². The van der Waals surface area contributed by atoms with Crippen LogP contribution in [-0.4, -0.2) is 62.8 Å². The molecule has 3 rings (SSSR count). The molecule has 6 nitrogen and oxygen atoms in total. The maximum Gasteiger partial charge on any atom is 0.243 e. The van der Waals surface area contributed by atoms with Crippen LogP contribution < -0.4 is 5.32 Å². The van der Waals surface area contributed by atoms with Crippen LogP contribution in [0.25, 0.3) is 0 Å². The smallest absolute Gasteiger partial charge is 0.243 e. The van der Waals surface area contributed by atoms with Crippen molar-refractivity contribution in [3.8, 4) is 0 Å². The van der Waals surface area contributed by atoms with Gasteiger partial charge in [-0.3, -0.25) is 4.79 Å². The molecule has 0 bridgehead atoms. The van der Waals surface area contributed by atoms with Crippen LogP contribution in [0.5, 0.6) is 0 Å². The molecule has 2 aliphatic rings. The van der Waals surface area contributed by atoms with Gasteiger partial charge in [-0.1, -0.05) is 25.0 Å². The molecule has 29 heavy (non-hydrogen) atoms. The molecular formula is C22H35N3O3S. The molecule has 1 aromatic carbocycles. The van der Waals surface area contributed by atoms with E-state index in [1.807, 2.05) is 12.1 Å². The Labute approximate surface area is 175 Å². The van der Waals surface area contributed by atoms with Crippen molar-refractivity contribution in [2.24, 2.45) is 0 Å². The van der Waals surface area contributed by atoms with Crippen LogP contribution in [0, 0.1) is 0 Å². The summed E-state index contributed by atoms with van der Waals surface area (Å²) in [5.74, 6) is 0.0645. The van der Waals surface area contributed by atoms with Crippen molar-refractivity contribution in [1.82, 2.24) is 14.5 Å². The van der Waals surface area contributed by atoms with E-state index >= 15 is 0 Å². The predicted molar refractivity (Wildman–Crippen MR) is 115 cm³/mol. The largest absolute Gasteiger partial charge is 0.356 e. The molecule has 2 saturated heterocycles. The molecule has 0 aromatic heterocycles. The van der Waals surface area contributed by atoms with Crippen LogP contribution in [0.4, 0.5) is 0 Å². The van der Waals surface area contributed by atoms with E-state index in [-0.39, 0.29) is 5.91 Å². The third-order valence-electron chi connectivity index (χ3n) is 5.94. The number of amides is 1. The zero-order valence-corrected chi connectivity index (χ0v) is 18.3. The molecule has 2 fully saturated rings. The summed E-state index contributed by atoms with van der Waals surface area (Å²) in [6.45, 7) is 5.40. The van der Waals surface area contributed by atoms with Gasteiger partial charge in [-0.2, -0.15) is 4.31 Å². The van der Waals surface area contributed by atoms with Crippen LogP contribution in [0.2, 0.25) is 0 Å². The summed E-state index contributed by atoms with van der Waals surface area (Å²) >= 11 is 0. The standard InChI is InChI=1S/C22H35N3O3S/c26-22(23-14-7-17-24-15-3-1-2-4-16-24)13-10-20-8-11-21(12-9-20)29(27,28)25-18-5-6-19-25/h8-9,11-12H,1-7,10,13-19H2,(H,23,26). The lowest BCUT2D eigenvalue weighted by atomic mass is 10.1. The molecule has 7 heteroatoms. The van der Waals surface area contributed by atoms with Crippen LogP contribution in [0.3, 0.4) is 0 Å². The first-order chi connectivity index (χ1) is 14.1. The van der Waals surface area contributed by atoms with Gasteiger partial charge >= 0.3 is 0 Å². The van der Waals surface area contributed by atoms with Gasteiger partial charge in [0.2, 0.25) is 15.9 Å². The molecule has 1 N–H and O–H groups in total. The average Bonchev–Trinajstić information content (AvgIpc) is 3.16. The fraction of sp³-hybridized carbons (Fsp3) is 0.682. The van der Waals surface area contributed by atoms with Crippen molar-refractivity contribution >= 4 is 15.9 Å². The van der Waals surface area contributed by atoms with Crippen LogP contribution in [-0.2, 0) is 21.2 Å². The summed E-state index contributed by atoms with van der Waals surface area (Å²) in [6, 6.07) is 7.00. The Hall–Kier alpha value is -1.44. The minimum Gasteiger partial charge on any atom is -0.356 e. The lowest BCUT2D eigenvalue weighted by Gasteiger charge is -2.19. The van der Waals surface area contributed by atoms with Crippen molar-refractivity contribution < 1.29 is 13.2 Å². The number of carbonyl (C=O) groups is 1. The Kier molecular flexibility index (Phi) is 8.51. The van der Waals surface area contributed by atoms with E-state index in [0.29, 0.717) is 30.8 Å². The Morgan fingerprint density at radius 3 is 2.17 bits per heavy atom. The van der Waals surface area contributed by atoms with Crippen molar-refractivity contribution in [1.29, 1.82) is 0 Å². The third kappa shape index (κ3) is 6.79. The highest BCUT2D eigenvalue weighted by atomic mass is 32.2. The Bertz CT molecular complexity index is 735. The van der Waals surface area contributed by atoms with Crippen LogP contribution in [0.1, 0.15) is 56.9 Å². The monoisotopic (exact) mass is 421 g/mol. The van der Waals surface area contributed by atoms with E-state index in [1.54, 1.807) is 16.4 Å². The second kappa shape index (κ2) is 11.1. The maximum atomic E-state index is 12.6. The first kappa shape index (κ1) is 22.2. The maximum absolute atomic E-state index is 12.6. The Balaban J connectivity index is 1.35. The van der Waals surface area contributed by atoms with Crippen molar-refractivity contribution in [3.63, 3.8) is 0 Å². The first-order valence-corrected chi connectivity index (χ1v) is 12.6. The summed E-state index contributed by atoms with van der Waals surface area (Å²) in [6.07, 6.45) is 9.21. The fourth-order valence-corrected chi connectivity index (χ4v) is 5.66. The second-order valence-corrected chi connectivity index (χ2v) is 10.2. The average molecular weight is 422 g/mol. The summed E-state index contributed by atoms with van der Waals surface area (Å²) in [7, 11) is -3.36. The molecule has 0 radical (unpaired) electrons. The van der Waals surface area contributed by atoms with Gasteiger partial charge in [0.05, 0.1) is 4.90 Å². The number of carbonyl (C=O) groups excluding carboxylic acids is 1. The zero-order chi connectivity index (χ0) is 20.5. The molecule has 0 atom stereocenters. The minimum atomic E-state index is -3.36. The van der Waals surface area contributed by atoms with E-state index < -0.39 is 10.0 Å². The first-order valence-electron chi connectivity index (χ1n) is 11.1. The molecular weight excluding hydrogens is 386 g/mol. The van der Waals surface area contributed by atoms with Crippen molar-refractivity contribution in [2.75, 3.05) is 39.3 Å². The number of benzene rings is 1. The molecule has 0 spiro atoms. The quantitative estimate of drug-likeness (QED) is 0.623. The molecule has 2 aliphatic heterocycles. The Morgan fingerprint density at radius 1 is 0.897 bits per heavy atom. The van der Waals surface area contributed by atoms with E-state index in [4.69, 9.17) is 0 Å². The van der Waals surface area contributed by atoms with Crippen LogP contribution >= 0.6 is 0 Å². The highest BCUT2D eigenvalue weighted by molar-refractivity contribution is 7.89. The van der Waals surface area contributed by atoms with E-state index in [9.17, 15) is 13.2 Å². The minimum absolute atomic E-state index is 0.0645. The van der Waals surface area contributed by atoms with Crippen molar-refractivity contribution in [2.45, 2.75) is 62.7 Å². The highest BCUT2D eigenvalue weighted by Gasteiger charge is 2.26. The van der Waals surface area contributed by atoms with Gasteiger partial charge in [-0.25, -0.2) is 8.42 Å². The van der Waals surface area contributed by atoms with Gasteiger partial charge in [-0.05, 0) is 75.9 Å². The molecule has 162 valence electrons. The zero-order valence-electron chi connectivity index (χ0n) is 17.4. The topological polar surface area (TPSA) is 69.7 Å². The second-order valence-electron chi connectivity index (χ2n) is 8.21. The molecule has 0 unspecified atom stereocenters. The van der Waals surface area contributed by atoms with Gasteiger partial charge < -0.3 is 10.2 Å². The number of hydrogen-bond donors (Lipinski definition) is 1. The number of nitrogens with zero attached hydrogens (tertiary/aromatic N) is 2. The van der Waals surface area contributed by atoms with Gasteiger partial charge in [0, 0.05) is 26.1 Å². The van der Waals surface area contributed by atoms with E-state index in [2.05, 4.69) is 10.2 Å². The number of rotatable bonds is 9. The fourth-order valence-electron chi connectivity index (χ4n) is 4.14.